The topological polar surface area (TPSA) is 55.1 Å². The van der Waals surface area contributed by atoms with Crippen molar-refractivity contribution in [2.24, 2.45) is 0 Å². The van der Waals surface area contributed by atoms with Crippen LogP contribution in [-0.4, -0.2) is 24.0 Å². The van der Waals surface area contributed by atoms with Crippen molar-refractivity contribution in [3.63, 3.8) is 0 Å². The highest BCUT2D eigenvalue weighted by molar-refractivity contribution is 5.81. The Morgan fingerprint density at radius 2 is 1.95 bits per heavy atom. The van der Waals surface area contributed by atoms with E-state index in [-0.39, 0.29) is 11.8 Å². The fourth-order valence-electron chi connectivity index (χ4n) is 2.39. The van der Waals surface area contributed by atoms with E-state index in [4.69, 9.17) is 4.52 Å². The quantitative estimate of drug-likeness (QED) is 0.909. The zero-order chi connectivity index (χ0) is 14.7. The van der Waals surface area contributed by atoms with E-state index in [0.717, 1.165) is 28.1 Å². The first-order valence-corrected chi connectivity index (χ1v) is 6.72. The molecular formula is C16H20N2O2. The van der Waals surface area contributed by atoms with Crippen LogP contribution in [0.3, 0.4) is 0 Å². The molecule has 0 aliphatic rings. The van der Waals surface area contributed by atoms with Crippen LogP contribution in [-0.2, 0) is 11.2 Å². The molecule has 2 aromatic rings. The molecule has 1 N–H and O–H groups in total. The van der Waals surface area contributed by atoms with Gasteiger partial charge in [0.05, 0.1) is 11.7 Å². The number of nitrogens with zero attached hydrogens (tertiary/aromatic N) is 1. The number of Topliss-reactive ketones (excluding diaryl/α,β-unsaturated/α-hetero) is 1. The lowest BCUT2D eigenvalue weighted by molar-refractivity contribution is -0.118. The van der Waals surface area contributed by atoms with E-state index in [1.54, 1.807) is 6.92 Å². The molecule has 1 heterocycles. The molecule has 4 nitrogen and oxygen atoms in total. The summed E-state index contributed by atoms with van der Waals surface area (Å²) >= 11 is 0. The van der Waals surface area contributed by atoms with Gasteiger partial charge in [0.1, 0.15) is 11.5 Å². The Morgan fingerprint density at radius 3 is 2.40 bits per heavy atom. The standard InChI is InChI=1S/C16H20N2O2/c1-10-16(12(3)20-18-10)14-7-5-13(6-8-14)9-15(17-4)11(2)19/h5-8,15,17H,9H2,1-4H3/t15-/m0/s1. The highest BCUT2D eigenvalue weighted by atomic mass is 16.5. The molecule has 0 saturated carbocycles. The fourth-order valence-corrected chi connectivity index (χ4v) is 2.39. The molecule has 0 fully saturated rings. The average Bonchev–Trinajstić information content (AvgIpc) is 2.76. The lowest BCUT2D eigenvalue weighted by Crippen LogP contribution is -2.34. The van der Waals surface area contributed by atoms with Crippen LogP contribution in [0.2, 0.25) is 0 Å². The van der Waals surface area contributed by atoms with Gasteiger partial charge in [-0.05, 0) is 45.4 Å². The average molecular weight is 272 g/mol. The summed E-state index contributed by atoms with van der Waals surface area (Å²) in [6.07, 6.45) is 0.702. The molecule has 4 heteroatoms. The molecule has 0 unspecified atom stereocenters. The summed E-state index contributed by atoms with van der Waals surface area (Å²) in [5.74, 6) is 0.981. The predicted octanol–water partition coefficient (Wildman–Crippen LogP) is 2.68. The number of ketones is 1. The van der Waals surface area contributed by atoms with Gasteiger partial charge in [-0.1, -0.05) is 29.4 Å². The molecule has 1 atom stereocenters. The van der Waals surface area contributed by atoms with Crippen molar-refractivity contribution >= 4 is 5.78 Å². The summed E-state index contributed by atoms with van der Waals surface area (Å²) in [6, 6.07) is 8.08. The van der Waals surface area contributed by atoms with Gasteiger partial charge in [-0.25, -0.2) is 0 Å². The molecule has 0 aliphatic carbocycles. The van der Waals surface area contributed by atoms with Crippen LogP contribution in [0.15, 0.2) is 28.8 Å². The van der Waals surface area contributed by atoms with Crippen LogP contribution in [0, 0.1) is 13.8 Å². The van der Waals surface area contributed by atoms with Crippen molar-refractivity contribution in [2.75, 3.05) is 7.05 Å². The SMILES string of the molecule is CN[C@@H](Cc1ccc(-c2c(C)noc2C)cc1)C(C)=O. The summed E-state index contributed by atoms with van der Waals surface area (Å²) < 4.78 is 5.19. The summed E-state index contributed by atoms with van der Waals surface area (Å²) in [7, 11) is 1.81. The maximum Gasteiger partial charge on any atom is 0.147 e. The lowest BCUT2D eigenvalue weighted by Gasteiger charge is -2.12. The van der Waals surface area contributed by atoms with Gasteiger partial charge in [-0.3, -0.25) is 4.79 Å². The molecule has 2 rings (SSSR count). The summed E-state index contributed by atoms with van der Waals surface area (Å²) in [5.41, 5.74) is 4.17. The van der Waals surface area contributed by atoms with Gasteiger partial charge in [0.15, 0.2) is 0 Å². The minimum Gasteiger partial charge on any atom is -0.361 e. The summed E-state index contributed by atoms with van der Waals surface area (Å²) in [6.45, 7) is 5.46. The Balaban J connectivity index is 2.21. The Hall–Kier alpha value is -1.94. The van der Waals surface area contributed by atoms with Crippen LogP contribution < -0.4 is 5.32 Å². The third kappa shape index (κ3) is 2.96. The number of likely N-dealkylation sites (N-methyl/N-ethyl adjacent to an activating group) is 1. The maximum absolute atomic E-state index is 11.4. The number of aryl methyl sites for hydroxylation is 2. The molecule has 0 radical (unpaired) electrons. The first-order valence-electron chi connectivity index (χ1n) is 6.72. The Bertz CT molecular complexity index is 580. The smallest absolute Gasteiger partial charge is 0.147 e. The van der Waals surface area contributed by atoms with Gasteiger partial charge in [-0.15, -0.1) is 0 Å². The number of hydrogen-bond donors (Lipinski definition) is 1. The molecule has 106 valence electrons. The van der Waals surface area contributed by atoms with Crippen molar-refractivity contribution < 1.29 is 9.32 Å². The van der Waals surface area contributed by atoms with Crippen LogP contribution >= 0.6 is 0 Å². The highest BCUT2D eigenvalue weighted by Gasteiger charge is 2.14. The highest BCUT2D eigenvalue weighted by Crippen LogP contribution is 2.27. The first kappa shape index (κ1) is 14.5. The van der Waals surface area contributed by atoms with E-state index >= 15 is 0 Å². The van der Waals surface area contributed by atoms with Gasteiger partial charge in [0.25, 0.3) is 0 Å². The normalized spacial score (nSPS) is 12.4. The van der Waals surface area contributed by atoms with Crippen molar-refractivity contribution in [2.45, 2.75) is 33.2 Å². The van der Waals surface area contributed by atoms with Crippen LogP contribution in [0.5, 0.6) is 0 Å². The van der Waals surface area contributed by atoms with Gasteiger partial charge >= 0.3 is 0 Å². The molecule has 0 bridgehead atoms. The van der Waals surface area contributed by atoms with Gasteiger partial charge < -0.3 is 9.84 Å². The Labute approximate surface area is 119 Å². The second-order valence-corrected chi connectivity index (χ2v) is 5.05. The van der Waals surface area contributed by atoms with Gasteiger partial charge in [0.2, 0.25) is 0 Å². The third-order valence-electron chi connectivity index (χ3n) is 3.55. The number of benzene rings is 1. The summed E-state index contributed by atoms with van der Waals surface area (Å²) in [4.78, 5) is 11.4. The monoisotopic (exact) mass is 272 g/mol. The number of carbonyl (C=O) groups excluding carboxylic acids is 1. The number of nitrogens with one attached hydrogen (secondary N) is 1. The molecule has 0 saturated heterocycles. The van der Waals surface area contributed by atoms with Crippen LogP contribution in [0.25, 0.3) is 11.1 Å². The number of hydrogen-bond acceptors (Lipinski definition) is 4. The predicted molar refractivity (Wildman–Crippen MR) is 78.6 cm³/mol. The van der Waals surface area contributed by atoms with E-state index in [1.807, 2.05) is 20.9 Å². The third-order valence-corrected chi connectivity index (χ3v) is 3.55. The molecule has 20 heavy (non-hydrogen) atoms. The zero-order valence-electron chi connectivity index (χ0n) is 12.4. The molecule has 0 amide bonds. The van der Waals surface area contributed by atoms with Crippen molar-refractivity contribution in [1.29, 1.82) is 0 Å². The molecule has 1 aromatic heterocycles. The molecular weight excluding hydrogens is 252 g/mol. The van der Waals surface area contributed by atoms with E-state index in [2.05, 4.69) is 34.7 Å². The molecule has 0 aliphatic heterocycles. The van der Waals surface area contributed by atoms with Gasteiger partial charge in [0, 0.05) is 5.56 Å². The van der Waals surface area contributed by atoms with E-state index in [0.29, 0.717) is 6.42 Å². The van der Waals surface area contributed by atoms with Crippen molar-refractivity contribution in [1.82, 2.24) is 10.5 Å². The van der Waals surface area contributed by atoms with E-state index in [1.165, 1.54) is 0 Å². The van der Waals surface area contributed by atoms with Crippen molar-refractivity contribution in [3.8, 4) is 11.1 Å². The number of rotatable bonds is 5. The zero-order valence-corrected chi connectivity index (χ0v) is 12.4. The minimum absolute atomic E-state index is 0.125. The lowest BCUT2D eigenvalue weighted by atomic mass is 9.99. The van der Waals surface area contributed by atoms with Crippen LogP contribution in [0.4, 0.5) is 0 Å². The number of aromatic nitrogens is 1. The van der Waals surface area contributed by atoms with E-state index < -0.39 is 0 Å². The second kappa shape index (κ2) is 6.01. The Kier molecular flexibility index (Phi) is 4.35. The fraction of sp³-hybridized carbons (Fsp3) is 0.375. The summed E-state index contributed by atoms with van der Waals surface area (Å²) in [5, 5.41) is 7.01. The van der Waals surface area contributed by atoms with Crippen LogP contribution in [0.1, 0.15) is 23.9 Å². The maximum atomic E-state index is 11.4. The molecule has 0 spiro atoms. The first-order chi connectivity index (χ1) is 9.52. The van der Waals surface area contributed by atoms with Crippen molar-refractivity contribution in [3.05, 3.63) is 41.3 Å². The number of carbonyl (C=O) groups is 1. The minimum atomic E-state index is -0.125. The molecule has 1 aromatic carbocycles. The van der Waals surface area contributed by atoms with E-state index in [9.17, 15) is 4.79 Å². The second-order valence-electron chi connectivity index (χ2n) is 5.05. The van der Waals surface area contributed by atoms with Gasteiger partial charge in [-0.2, -0.15) is 0 Å². The largest absolute Gasteiger partial charge is 0.361 e. The Morgan fingerprint density at radius 1 is 1.30 bits per heavy atom.